The van der Waals surface area contributed by atoms with Crippen LogP contribution in [0.1, 0.15) is 49.9 Å². The van der Waals surface area contributed by atoms with Gasteiger partial charge in [0.25, 0.3) is 0 Å². The van der Waals surface area contributed by atoms with Crippen LogP contribution in [0, 0.1) is 11.7 Å². The first-order valence-corrected chi connectivity index (χ1v) is 6.83. The first kappa shape index (κ1) is 16.1. The van der Waals surface area contributed by atoms with Crippen molar-refractivity contribution in [2.45, 2.75) is 39.5 Å². The molecule has 0 aliphatic heterocycles. The predicted octanol–water partition coefficient (Wildman–Crippen LogP) is 3.68. The van der Waals surface area contributed by atoms with Gasteiger partial charge < -0.3 is 10.4 Å². The molecule has 1 aromatic carbocycles. The fourth-order valence-electron chi connectivity index (χ4n) is 2.01. The molecule has 0 bridgehead atoms. The molecule has 0 saturated heterocycles. The average Bonchev–Trinajstić information content (AvgIpc) is 2.41. The highest BCUT2D eigenvalue weighted by Gasteiger charge is 2.19. The summed E-state index contributed by atoms with van der Waals surface area (Å²) in [6, 6.07) is 3.32. The summed E-state index contributed by atoms with van der Waals surface area (Å²) in [5.41, 5.74) is -0.0949. The number of hydrogen-bond donors (Lipinski definition) is 2. The molecule has 0 heterocycles. The van der Waals surface area contributed by atoms with Gasteiger partial charge in [0.05, 0.1) is 11.3 Å². The van der Waals surface area contributed by atoms with Crippen molar-refractivity contribution in [3.8, 4) is 0 Å². The number of amides is 1. The normalized spacial score (nSPS) is 11.9. The van der Waals surface area contributed by atoms with Crippen LogP contribution in [-0.4, -0.2) is 17.0 Å². The third-order valence-corrected chi connectivity index (χ3v) is 3.24. The SMILES string of the molecule is CCCCC(CC)C(=O)Nc1ccc(F)cc1C(=O)O. The largest absolute Gasteiger partial charge is 0.478 e. The van der Waals surface area contributed by atoms with Gasteiger partial charge in [-0.15, -0.1) is 0 Å². The average molecular weight is 281 g/mol. The molecule has 110 valence electrons. The van der Waals surface area contributed by atoms with Gasteiger partial charge in [-0.05, 0) is 31.0 Å². The van der Waals surface area contributed by atoms with Crippen LogP contribution < -0.4 is 5.32 Å². The number of halogens is 1. The molecule has 1 amide bonds. The summed E-state index contributed by atoms with van der Waals surface area (Å²) in [6.07, 6.45) is 3.40. The molecule has 0 spiro atoms. The van der Waals surface area contributed by atoms with Crippen LogP contribution in [-0.2, 0) is 4.79 Å². The Kier molecular flexibility index (Phi) is 6.15. The number of carboxylic acid groups (broad SMARTS) is 1. The number of benzene rings is 1. The number of aromatic carboxylic acids is 1. The Morgan fingerprint density at radius 2 is 2.05 bits per heavy atom. The summed E-state index contributed by atoms with van der Waals surface area (Å²) in [6.45, 7) is 3.97. The second kappa shape index (κ2) is 7.62. The number of anilines is 1. The van der Waals surface area contributed by atoms with E-state index in [0.29, 0.717) is 6.42 Å². The first-order chi connectivity index (χ1) is 9.49. The molecule has 5 heteroatoms. The monoisotopic (exact) mass is 281 g/mol. The van der Waals surface area contributed by atoms with Gasteiger partial charge in [-0.1, -0.05) is 26.7 Å². The van der Waals surface area contributed by atoms with E-state index < -0.39 is 11.8 Å². The van der Waals surface area contributed by atoms with Gasteiger partial charge in [0.15, 0.2) is 0 Å². The van der Waals surface area contributed by atoms with Crippen molar-refractivity contribution in [2.75, 3.05) is 5.32 Å². The zero-order chi connectivity index (χ0) is 15.1. The first-order valence-electron chi connectivity index (χ1n) is 6.83. The molecule has 0 aliphatic rings. The highest BCUT2D eigenvalue weighted by atomic mass is 19.1. The Balaban J connectivity index is 2.86. The molecule has 1 unspecified atom stereocenters. The van der Waals surface area contributed by atoms with Gasteiger partial charge in [0.2, 0.25) is 5.91 Å². The van der Waals surface area contributed by atoms with E-state index in [1.807, 2.05) is 13.8 Å². The molecule has 1 rings (SSSR count). The molecule has 1 aromatic rings. The quantitative estimate of drug-likeness (QED) is 0.801. The van der Waals surface area contributed by atoms with Crippen LogP contribution in [0.4, 0.5) is 10.1 Å². The molecule has 0 radical (unpaired) electrons. The summed E-state index contributed by atoms with van der Waals surface area (Å²) in [7, 11) is 0. The van der Waals surface area contributed by atoms with E-state index >= 15 is 0 Å². The van der Waals surface area contributed by atoms with Crippen LogP contribution in [0.2, 0.25) is 0 Å². The minimum Gasteiger partial charge on any atom is -0.478 e. The number of rotatable bonds is 7. The Morgan fingerprint density at radius 1 is 1.35 bits per heavy atom. The van der Waals surface area contributed by atoms with Gasteiger partial charge in [-0.25, -0.2) is 9.18 Å². The zero-order valence-corrected chi connectivity index (χ0v) is 11.8. The molecule has 1 atom stereocenters. The highest BCUT2D eigenvalue weighted by molar-refractivity contribution is 6.01. The summed E-state index contributed by atoms with van der Waals surface area (Å²) in [4.78, 5) is 23.2. The summed E-state index contributed by atoms with van der Waals surface area (Å²) < 4.78 is 13.1. The third-order valence-electron chi connectivity index (χ3n) is 3.24. The third kappa shape index (κ3) is 4.33. The predicted molar refractivity (Wildman–Crippen MR) is 75.3 cm³/mol. The molecule has 4 nitrogen and oxygen atoms in total. The van der Waals surface area contributed by atoms with Crippen molar-refractivity contribution in [1.29, 1.82) is 0 Å². The highest BCUT2D eigenvalue weighted by Crippen LogP contribution is 2.20. The molecule has 0 saturated carbocycles. The maximum absolute atomic E-state index is 13.1. The minimum atomic E-state index is -1.26. The second-order valence-corrected chi connectivity index (χ2v) is 4.73. The molecular formula is C15H20FNO3. The van der Waals surface area contributed by atoms with Crippen molar-refractivity contribution in [2.24, 2.45) is 5.92 Å². The summed E-state index contributed by atoms with van der Waals surface area (Å²) in [5, 5.41) is 11.6. The standard InChI is InChI=1S/C15H20FNO3/c1-3-5-6-10(4-2)14(18)17-13-8-7-11(16)9-12(13)15(19)20/h7-10H,3-6H2,1-2H3,(H,17,18)(H,19,20). The van der Waals surface area contributed by atoms with E-state index in [1.165, 1.54) is 6.07 Å². The van der Waals surface area contributed by atoms with Gasteiger partial charge >= 0.3 is 5.97 Å². The van der Waals surface area contributed by atoms with Crippen LogP contribution in [0.5, 0.6) is 0 Å². The van der Waals surface area contributed by atoms with Crippen LogP contribution in [0.15, 0.2) is 18.2 Å². The van der Waals surface area contributed by atoms with Gasteiger partial charge in [-0.2, -0.15) is 0 Å². The lowest BCUT2D eigenvalue weighted by molar-refractivity contribution is -0.120. The fraction of sp³-hybridized carbons (Fsp3) is 0.467. The van der Waals surface area contributed by atoms with Crippen LogP contribution in [0.25, 0.3) is 0 Å². The topological polar surface area (TPSA) is 66.4 Å². The summed E-state index contributed by atoms with van der Waals surface area (Å²) in [5.74, 6) is -2.27. The molecular weight excluding hydrogens is 261 g/mol. The lowest BCUT2D eigenvalue weighted by Crippen LogP contribution is -2.23. The van der Waals surface area contributed by atoms with Crippen molar-refractivity contribution in [3.05, 3.63) is 29.6 Å². The summed E-state index contributed by atoms with van der Waals surface area (Å²) >= 11 is 0. The lowest BCUT2D eigenvalue weighted by atomic mass is 9.98. The van der Waals surface area contributed by atoms with Crippen molar-refractivity contribution in [3.63, 3.8) is 0 Å². The molecule has 0 aliphatic carbocycles. The lowest BCUT2D eigenvalue weighted by Gasteiger charge is -2.15. The fourth-order valence-corrected chi connectivity index (χ4v) is 2.01. The number of carbonyl (C=O) groups is 2. The Bertz CT molecular complexity index is 488. The van der Waals surface area contributed by atoms with Crippen LogP contribution >= 0.6 is 0 Å². The smallest absolute Gasteiger partial charge is 0.337 e. The molecule has 0 fully saturated rings. The van der Waals surface area contributed by atoms with Crippen LogP contribution in [0.3, 0.4) is 0 Å². The molecule has 2 N–H and O–H groups in total. The molecule has 20 heavy (non-hydrogen) atoms. The van der Waals surface area contributed by atoms with Crippen molar-refractivity contribution >= 4 is 17.6 Å². The number of nitrogens with one attached hydrogen (secondary N) is 1. The van der Waals surface area contributed by atoms with E-state index in [9.17, 15) is 14.0 Å². The number of hydrogen-bond acceptors (Lipinski definition) is 2. The van der Waals surface area contributed by atoms with E-state index in [-0.39, 0.29) is 23.1 Å². The number of unbranched alkanes of at least 4 members (excludes halogenated alkanes) is 1. The Morgan fingerprint density at radius 3 is 2.60 bits per heavy atom. The number of carboxylic acids is 1. The minimum absolute atomic E-state index is 0.138. The maximum atomic E-state index is 13.1. The maximum Gasteiger partial charge on any atom is 0.337 e. The van der Waals surface area contributed by atoms with Crippen molar-refractivity contribution < 1.29 is 19.1 Å². The van der Waals surface area contributed by atoms with E-state index in [4.69, 9.17) is 5.11 Å². The Labute approximate surface area is 118 Å². The van der Waals surface area contributed by atoms with E-state index in [2.05, 4.69) is 5.32 Å². The van der Waals surface area contributed by atoms with Gasteiger partial charge in [0, 0.05) is 5.92 Å². The van der Waals surface area contributed by atoms with E-state index in [1.54, 1.807) is 0 Å². The molecule has 0 aromatic heterocycles. The number of carbonyl (C=O) groups excluding carboxylic acids is 1. The Hall–Kier alpha value is -1.91. The van der Waals surface area contributed by atoms with Gasteiger partial charge in [-0.3, -0.25) is 4.79 Å². The second-order valence-electron chi connectivity index (χ2n) is 4.73. The van der Waals surface area contributed by atoms with E-state index in [0.717, 1.165) is 31.4 Å². The van der Waals surface area contributed by atoms with Crippen molar-refractivity contribution in [1.82, 2.24) is 0 Å². The van der Waals surface area contributed by atoms with Gasteiger partial charge in [0.1, 0.15) is 5.82 Å². The zero-order valence-electron chi connectivity index (χ0n) is 11.8.